The van der Waals surface area contributed by atoms with Gasteiger partial charge in [0.1, 0.15) is 0 Å². The first-order valence-corrected chi connectivity index (χ1v) is 9.02. The molecule has 0 bridgehead atoms. The highest BCUT2D eigenvalue weighted by molar-refractivity contribution is 7.90. The maximum Gasteiger partial charge on any atom is 0.251 e. The molecule has 0 heterocycles. The Morgan fingerprint density at radius 1 is 1.10 bits per heavy atom. The van der Waals surface area contributed by atoms with Gasteiger partial charge in [-0.3, -0.25) is 4.79 Å². The van der Waals surface area contributed by atoms with Crippen molar-refractivity contribution >= 4 is 27.3 Å². The maximum absolute atomic E-state index is 11.8. The molecule has 1 aromatic carbocycles. The summed E-state index contributed by atoms with van der Waals surface area (Å²) in [5.74, 6) is 0.501. The van der Waals surface area contributed by atoms with E-state index in [1.807, 2.05) is 0 Å². The number of benzene rings is 1. The molecule has 0 atom stereocenters. The minimum absolute atomic E-state index is 0.178. The van der Waals surface area contributed by atoms with Gasteiger partial charge in [0.25, 0.3) is 5.91 Å². The van der Waals surface area contributed by atoms with Crippen LogP contribution in [0.4, 0.5) is 0 Å². The van der Waals surface area contributed by atoms with E-state index in [1.54, 1.807) is 0 Å². The molecule has 20 heavy (non-hydrogen) atoms. The first-order chi connectivity index (χ1) is 9.45. The number of hydrogen-bond acceptors (Lipinski definition) is 3. The van der Waals surface area contributed by atoms with Gasteiger partial charge in [-0.1, -0.05) is 12.8 Å². The SMILES string of the molecule is CS(=O)(=O)c1ccc(C(=O)NCCCCCCCl)cc1. The van der Waals surface area contributed by atoms with Gasteiger partial charge in [0.15, 0.2) is 9.84 Å². The van der Waals surface area contributed by atoms with E-state index in [1.165, 1.54) is 24.3 Å². The molecule has 0 aliphatic rings. The topological polar surface area (TPSA) is 63.2 Å². The van der Waals surface area contributed by atoms with Crippen LogP contribution in [-0.4, -0.2) is 33.0 Å². The van der Waals surface area contributed by atoms with Crippen molar-refractivity contribution in [2.24, 2.45) is 0 Å². The molecule has 0 fully saturated rings. The van der Waals surface area contributed by atoms with Crippen molar-refractivity contribution in [3.63, 3.8) is 0 Å². The van der Waals surface area contributed by atoms with E-state index in [0.29, 0.717) is 18.0 Å². The fraction of sp³-hybridized carbons (Fsp3) is 0.500. The number of halogens is 1. The van der Waals surface area contributed by atoms with E-state index >= 15 is 0 Å². The number of carbonyl (C=O) groups excluding carboxylic acids is 1. The summed E-state index contributed by atoms with van der Waals surface area (Å²) in [7, 11) is -3.22. The van der Waals surface area contributed by atoms with Crippen LogP contribution in [-0.2, 0) is 9.84 Å². The lowest BCUT2D eigenvalue weighted by molar-refractivity contribution is 0.0953. The Kier molecular flexibility index (Phi) is 7.02. The van der Waals surface area contributed by atoms with E-state index in [4.69, 9.17) is 11.6 Å². The van der Waals surface area contributed by atoms with Gasteiger partial charge in [-0.15, -0.1) is 11.6 Å². The van der Waals surface area contributed by atoms with Crippen LogP contribution in [0.3, 0.4) is 0 Å². The van der Waals surface area contributed by atoms with Crippen molar-refractivity contribution in [2.75, 3.05) is 18.7 Å². The number of sulfone groups is 1. The number of hydrogen-bond donors (Lipinski definition) is 1. The van der Waals surface area contributed by atoms with Crippen LogP contribution < -0.4 is 5.32 Å². The van der Waals surface area contributed by atoms with Gasteiger partial charge in [0, 0.05) is 24.2 Å². The predicted molar refractivity (Wildman–Crippen MR) is 81.1 cm³/mol. The minimum Gasteiger partial charge on any atom is -0.352 e. The Balaban J connectivity index is 2.40. The zero-order valence-electron chi connectivity index (χ0n) is 11.6. The van der Waals surface area contributed by atoms with Crippen LogP contribution >= 0.6 is 11.6 Å². The molecule has 0 aliphatic heterocycles. The van der Waals surface area contributed by atoms with E-state index in [-0.39, 0.29) is 10.8 Å². The summed E-state index contributed by atoms with van der Waals surface area (Å²) in [6.07, 6.45) is 5.18. The number of rotatable bonds is 8. The fourth-order valence-corrected chi connectivity index (χ4v) is 2.55. The molecule has 0 aliphatic carbocycles. The Labute approximate surface area is 125 Å². The Morgan fingerprint density at radius 2 is 1.70 bits per heavy atom. The highest BCUT2D eigenvalue weighted by Gasteiger charge is 2.09. The molecule has 1 N–H and O–H groups in total. The zero-order valence-corrected chi connectivity index (χ0v) is 13.1. The van der Waals surface area contributed by atoms with Gasteiger partial charge in [0.05, 0.1) is 4.90 Å². The molecule has 0 saturated heterocycles. The number of carbonyl (C=O) groups is 1. The largest absolute Gasteiger partial charge is 0.352 e. The monoisotopic (exact) mass is 317 g/mol. The number of unbranched alkanes of at least 4 members (excludes halogenated alkanes) is 3. The summed E-state index contributed by atoms with van der Waals surface area (Å²) >= 11 is 5.58. The molecular formula is C14H20ClNO3S. The lowest BCUT2D eigenvalue weighted by Crippen LogP contribution is -2.24. The molecule has 4 nitrogen and oxygen atoms in total. The molecule has 0 aromatic heterocycles. The summed E-state index contributed by atoms with van der Waals surface area (Å²) in [4.78, 5) is 12.0. The van der Waals surface area contributed by atoms with Crippen LogP contribution in [0.15, 0.2) is 29.2 Å². The number of alkyl halides is 1. The molecule has 1 rings (SSSR count). The van der Waals surface area contributed by atoms with Crippen molar-refractivity contribution < 1.29 is 13.2 Å². The molecule has 1 amide bonds. The third-order valence-electron chi connectivity index (χ3n) is 2.89. The lowest BCUT2D eigenvalue weighted by atomic mass is 10.2. The van der Waals surface area contributed by atoms with Gasteiger partial charge in [-0.2, -0.15) is 0 Å². The molecule has 0 saturated carbocycles. The van der Waals surface area contributed by atoms with E-state index in [9.17, 15) is 13.2 Å². The van der Waals surface area contributed by atoms with Gasteiger partial charge < -0.3 is 5.32 Å². The van der Waals surface area contributed by atoms with Gasteiger partial charge in [-0.25, -0.2) is 8.42 Å². The van der Waals surface area contributed by atoms with E-state index in [0.717, 1.165) is 31.9 Å². The summed E-state index contributed by atoms with van der Waals surface area (Å²) in [6.45, 7) is 0.620. The van der Waals surface area contributed by atoms with Gasteiger partial charge in [-0.05, 0) is 37.1 Å². The van der Waals surface area contributed by atoms with E-state index in [2.05, 4.69) is 5.32 Å². The summed E-state index contributed by atoms with van der Waals surface area (Å²) in [6, 6.07) is 5.95. The van der Waals surface area contributed by atoms with Crippen molar-refractivity contribution in [1.82, 2.24) is 5.32 Å². The lowest BCUT2D eigenvalue weighted by Gasteiger charge is -2.05. The standard InChI is InChI=1S/C14H20ClNO3S/c1-20(18,19)13-8-6-12(7-9-13)14(17)16-11-5-3-2-4-10-15/h6-9H,2-5,10-11H2,1H3,(H,16,17). The first kappa shape index (κ1) is 17.0. The minimum atomic E-state index is -3.22. The molecule has 1 aromatic rings. The summed E-state index contributed by atoms with van der Waals surface area (Å²) in [5, 5.41) is 2.81. The van der Waals surface area contributed by atoms with Crippen molar-refractivity contribution in [1.29, 1.82) is 0 Å². The molecule has 112 valence electrons. The van der Waals surface area contributed by atoms with Gasteiger partial charge >= 0.3 is 0 Å². The average molecular weight is 318 g/mol. The Bertz CT molecular complexity index is 526. The van der Waals surface area contributed by atoms with Crippen LogP contribution in [0.1, 0.15) is 36.0 Å². The van der Waals surface area contributed by atoms with Crippen LogP contribution in [0.2, 0.25) is 0 Å². The van der Waals surface area contributed by atoms with Crippen LogP contribution in [0, 0.1) is 0 Å². The fourth-order valence-electron chi connectivity index (χ4n) is 1.73. The molecule has 0 unspecified atom stereocenters. The number of amides is 1. The van der Waals surface area contributed by atoms with Crippen molar-refractivity contribution in [2.45, 2.75) is 30.6 Å². The Morgan fingerprint density at radius 3 is 2.25 bits per heavy atom. The third-order valence-corrected chi connectivity index (χ3v) is 4.29. The van der Waals surface area contributed by atoms with E-state index < -0.39 is 9.84 Å². The second-order valence-electron chi connectivity index (χ2n) is 4.66. The maximum atomic E-state index is 11.8. The zero-order chi connectivity index (χ0) is 15.0. The van der Waals surface area contributed by atoms with Gasteiger partial charge in [0.2, 0.25) is 0 Å². The molecular weight excluding hydrogens is 298 g/mol. The second kappa shape index (κ2) is 8.27. The summed E-state index contributed by atoms with van der Waals surface area (Å²) in [5.41, 5.74) is 0.471. The predicted octanol–water partition coefficient (Wildman–Crippen LogP) is 2.62. The Hall–Kier alpha value is -1.07. The quantitative estimate of drug-likeness (QED) is 0.592. The second-order valence-corrected chi connectivity index (χ2v) is 7.05. The van der Waals surface area contributed by atoms with Crippen molar-refractivity contribution in [3.8, 4) is 0 Å². The average Bonchev–Trinajstić information content (AvgIpc) is 2.41. The summed E-state index contributed by atoms with van der Waals surface area (Å²) < 4.78 is 22.6. The van der Waals surface area contributed by atoms with Crippen LogP contribution in [0.5, 0.6) is 0 Å². The highest BCUT2D eigenvalue weighted by Crippen LogP contribution is 2.10. The molecule has 0 radical (unpaired) electrons. The highest BCUT2D eigenvalue weighted by atomic mass is 35.5. The third kappa shape index (κ3) is 5.92. The van der Waals surface area contributed by atoms with Crippen molar-refractivity contribution in [3.05, 3.63) is 29.8 Å². The molecule has 0 spiro atoms. The first-order valence-electron chi connectivity index (χ1n) is 6.59. The normalized spacial score (nSPS) is 11.3. The molecule has 6 heteroatoms. The van der Waals surface area contributed by atoms with Crippen LogP contribution in [0.25, 0.3) is 0 Å². The number of nitrogens with one attached hydrogen (secondary N) is 1. The smallest absolute Gasteiger partial charge is 0.251 e.